The number of hydrogen-bond acceptors (Lipinski definition) is 2. The summed E-state index contributed by atoms with van der Waals surface area (Å²) in [5.74, 6) is 0. The molecule has 0 aliphatic rings. The van der Waals surface area contributed by atoms with E-state index in [4.69, 9.17) is 16.7 Å². The lowest BCUT2D eigenvalue weighted by Gasteiger charge is -2.14. The summed E-state index contributed by atoms with van der Waals surface area (Å²) in [5, 5.41) is 7.23. The minimum atomic E-state index is -1.44. The van der Waals surface area contributed by atoms with E-state index in [9.17, 15) is 0 Å². The predicted molar refractivity (Wildman–Crippen MR) is 28.1 cm³/mol. The summed E-state index contributed by atoms with van der Waals surface area (Å²) in [6.07, 6.45) is 0.394. The van der Waals surface area contributed by atoms with Crippen molar-refractivity contribution >= 4 is 11.6 Å². The molecule has 1 unspecified atom stereocenters. The van der Waals surface area contributed by atoms with Gasteiger partial charge in [-0.3, -0.25) is 0 Å². The summed E-state index contributed by atoms with van der Waals surface area (Å²) >= 11 is 5.24. The zero-order chi connectivity index (χ0) is 5.91. The van der Waals surface area contributed by atoms with Gasteiger partial charge in [0.25, 0.3) is 0 Å². The maximum Gasteiger partial charge on any atom is 0.245 e. The Morgan fingerprint density at radius 2 is 2.29 bits per heavy atom. The second-order valence-electron chi connectivity index (χ2n) is 1.25. The van der Waals surface area contributed by atoms with E-state index in [1.807, 2.05) is 0 Å². The molecule has 0 saturated heterocycles. The fourth-order valence-corrected chi connectivity index (χ4v) is 0.144. The maximum absolute atomic E-state index is 8.68. The Morgan fingerprint density at radius 1 is 1.86 bits per heavy atom. The number of ether oxygens (including phenoxy) is 1. The normalized spacial score (nSPS) is 18.9. The van der Waals surface area contributed by atoms with Crippen LogP contribution in [0.1, 0.15) is 13.3 Å². The molecule has 0 aromatic heterocycles. The van der Waals surface area contributed by atoms with Crippen molar-refractivity contribution < 1.29 is 9.84 Å². The first kappa shape index (κ1) is 7.21. The fraction of sp³-hybridized carbons (Fsp3) is 1.00. The largest absolute Gasteiger partial charge is 0.353 e. The molecule has 0 aliphatic heterocycles. The van der Waals surface area contributed by atoms with Crippen molar-refractivity contribution in [2.45, 2.75) is 18.6 Å². The van der Waals surface area contributed by atoms with Crippen LogP contribution in [0, 0.1) is 0 Å². The summed E-state index contributed by atoms with van der Waals surface area (Å²) in [5.41, 5.74) is 0. The van der Waals surface area contributed by atoms with Gasteiger partial charge in [0.15, 0.2) is 0 Å². The number of rotatable bonds is 2. The van der Waals surface area contributed by atoms with Crippen molar-refractivity contribution in [2.75, 3.05) is 7.11 Å². The summed E-state index contributed by atoms with van der Waals surface area (Å²) in [6, 6.07) is 0. The third-order valence-corrected chi connectivity index (χ3v) is 1.17. The first-order valence-corrected chi connectivity index (χ1v) is 2.46. The van der Waals surface area contributed by atoms with Crippen LogP contribution in [0.15, 0.2) is 0 Å². The van der Waals surface area contributed by atoms with Gasteiger partial charge in [0.05, 0.1) is 0 Å². The maximum atomic E-state index is 8.68. The molecule has 0 aromatic carbocycles. The van der Waals surface area contributed by atoms with Gasteiger partial charge in [0.1, 0.15) is 0 Å². The molecule has 2 nitrogen and oxygen atoms in total. The van der Waals surface area contributed by atoms with E-state index >= 15 is 0 Å². The molecule has 0 saturated carbocycles. The SMILES string of the molecule is CCC(O)(Cl)OC. The Bertz CT molecular complexity index is 47.7. The van der Waals surface area contributed by atoms with E-state index in [0.717, 1.165) is 0 Å². The van der Waals surface area contributed by atoms with Crippen LogP contribution in [0.5, 0.6) is 0 Å². The van der Waals surface area contributed by atoms with E-state index < -0.39 is 5.25 Å². The van der Waals surface area contributed by atoms with Gasteiger partial charge in [-0.2, -0.15) is 0 Å². The van der Waals surface area contributed by atoms with Gasteiger partial charge in [-0.05, 0) is 0 Å². The zero-order valence-electron chi connectivity index (χ0n) is 4.44. The van der Waals surface area contributed by atoms with E-state index in [2.05, 4.69) is 4.74 Å². The van der Waals surface area contributed by atoms with Crippen molar-refractivity contribution in [2.24, 2.45) is 0 Å². The Balaban J connectivity index is 3.36. The van der Waals surface area contributed by atoms with E-state index in [1.54, 1.807) is 6.92 Å². The number of alkyl halides is 1. The summed E-state index contributed by atoms with van der Waals surface area (Å²) in [7, 11) is 1.36. The molecule has 0 rings (SSSR count). The average Bonchev–Trinajstić information content (AvgIpc) is 1.68. The zero-order valence-corrected chi connectivity index (χ0v) is 5.20. The number of aliphatic hydroxyl groups is 1. The lowest BCUT2D eigenvalue weighted by atomic mass is 10.5. The summed E-state index contributed by atoms with van der Waals surface area (Å²) in [6.45, 7) is 1.73. The van der Waals surface area contributed by atoms with Gasteiger partial charge in [-0.15, -0.1) is 0 Å². The van der Waals surface area contributed by atoms with Crippen molar-refractivity contribution in [1.82, 2.24) is 0 Å². The summed E-state index contributed by atoms with van der Waals surface area (Å²) < 4.78 is 4.41. The fourth-order valence-electron chi connectivity index (χ4n) is 0.144. The first-order valence-electron chi connectivity index (χ1n) is 2.09. The van der Waals surface area contributed by atoms with Crippen molar-refractivity contribution in [3.63, 3.8) is 0 Å². The standard InChI is InChI=1S/C4H9ClO2/c1-3-4(5,6)7-2/h6H,3H2,1-2H3. The minimum absolute atomic E-state index is 0.394. The molecule has 1 N–H and O–H groups in total. The third kappa shape index (κ3) is 2.85. The van der Waals surface area contributed by atoms with E-state index in [0.29, 0.717) is 6.42 Å². The molecule has 7 heavy (non-hydrogen) atoms. The van der Waals surface area contributed by atoms with Gasteiger partial charge in [0.2, 0.25) is 5.25 Å². The van der Waals surface area contributed by atoms with E-state index in [-0.39, 0.29) is 0 Å². The lowest BCUT2D eigenvalue weighted by Crippen LogP contribution is -2.20. The quantitative estimate of drug-likeness (QED) is 0.438. The number of hydrogen-bond donors (Lipinski definition) is 1. The molecular formula is C4H9ClO2. The Hall–Kier alpha value is 0.210. The van der Waals surface area contributed by atoms with Crippen LogP contribution in [0.2, 0.25) is 0 Å². The molecule has 0 amide bonds. The second-order valence-corrected chi connectivity index (χ2v) is 1.84. The van der Waals surface area contributed by atoms with E-state index in [1.165, 1.54) is 7.11 Å². The molecule has 3 heteroatoms. The van der Waals surface area contributed by atoms with Gasteiger partial charge in [-0.25, -0.2) is 0 Å². The third-order valence-electron chi connectivity index (χ3n) is 0.749. The molecule has 44 valence electrons. The molecule has 0 spiro atoms. The van der Waals surface area contributed by atoms with Crippen LogP contribution in [-0.4, -0.2) is 17.5 Å². The van der Waals surface area contributed by atoms with Crippen LogP contribution < -0.4 is 0 Å². The summed E-state index contributed by atoms with van der Waals surface area (Å²) in [4.78, 5) is 0. The monoisotopic (exact) mass is 124 g/mol. The molecule has 0 aromatic rings. The van der Waals surface area contributed by atoms with Gasteiger partial charge in [0, 0.05) is 13.5 Å². The Labute approximate surface area is 48.0 Å². The second kappa shape index (κ2) is 2.50. The van der Waals surface area contributed by atoms with Gasteiger partial charge in [-0.1, -0.05) is 18.5 Å². The van der Waals surface area contributed by atoms with Gasteiger partial charge < -0.3 is 9.84 Å². The molecular weight excluding hydrogens is 115 g/mol. The van der Waals surface area contributed by atoms with Crippen molar-refractivity contribution in [1.29, 1.82) is 0 Å². The first-order chi connectivity index (χ1) is 3.12. The highest BCUT2D eigenvalue weighted by molar-refractivity contribution is 6.21. The van der Waals surface area contributed by atoms with Crippen LogP contribution in [-0.2, 0) is 4.74 Å². The highest BCUT2D eigenvalue weighted by atomic mass is 35.5. The molecule has 1 atom stereocenters. The van der Waals surface area contributed by atoms with Crippen LogP contribution in [0.25, 0.3) is 0 Å². The van der Waals surface area contributed by atoms with Crippen LogP contribution >= 0.6 is 11.6 Å². The Morgan fingerprint density at radius 3 is 2.29 bits per heavy atom. The van der Waals surface area contributed by atoms with Gasteiger partial charge >= 0.3 is 0 Å². The predicted octanol–water partition coefficient (Wildman–Crippen LogP) is 0.928. The van der Waals surface area contributed by atoms with Crippen molar-refractivity contribution in [3.8, 4) is 0 Å². The Kier molecular flexibility index (Phi) is 2.58. The number of methoxy groups -OCH3 is 1. The minimum Gasteiger partial charge on any atom is -0.353 e. The molecule has 0 heterocycles. The topological polar surface area (TPSA) is 29.5 Å². The van der Waals surface area contributed by atoms with Crippen LogP contribution in [0.3, 0.4) is 0 Å². The lowest BCUT2D eigenvalue weighted by molar-refractivity contribution is -0.116. The van der Waals surface area contributed by atoms with Crippen LogP contribution in [0.4, 0.5) is 0 Å². The molecule has 0 fully saturated rings. The van der Waals surface area contributed by atoms with Crippen molar-refractivity contribution in [3.05, 3.63) is 0 Å². The number of halogens is 1. The molecule has 0 radical (unpaired) electrons. The highest BCUT2D eigenvalue weighted by Gasteiger charge is 2.17. The molecule has 0 aliphatic carbocycles. The highest BCUT2D eigenvalue weighted by Crippen LogP contribution is 2.14. The molecule has 0 bridgehead atoms. The average molecular weight is 125 g/mol. The smallest absolute Gasteiger partial charge is 0.245 e.